The maximum atomic E-state index is 5.60. The molecule has 5 nitrogen and oxygen atoms in total. The Kier molecular flexibility index (Phi) is 4.06. The van der Waals surface area contributed by atoms with E-state index in [9.17, 15) is 0 Å². The van der Waals surface area contributed by atoms with Crippen molar-refractivity contribution in [2.45, 2.75) is 13.8 Å². The third-order valence-electron chi connectivity index (χ3n) is 2.30. The molecule has 0 fully saturated rings. The number of hydrogen-bond acceptors (Lipinski definition) is 5. The lowest BCUT2D eigenvalue weighted by Crippen LogP contribution is -1.98. The van der Waals surface area contributed by atoms with Crippen LogP contribution in [0.5, 0.6) is 11.5 Å². The van der Waals surface area contributed by atoms with Gasteiger partial charge in [-0.15, -0.1) is 0 Å². The molecule has 0 spiro atoms. The van der Waals surface area contributed by atoms with E-state index in [1.165, 1.54) is 12.7 Å². The normalized spacial score (nSPS) is 10.1. The Labute approximate surface area is 106 Å². The third kappa shape index (κ3) is 2.74. The lowest BCUT2D eigenvalue weighted by Gasteiger charge is -2.11. The van der Waals surface area contributed by atoms with Crippen LogP contribution in [-0.4, -0.2) is 28.2 Å². The smallest absolute Gasteiger partial charge is 0.166 e. The molecule has 0 N–H and O–H groups in total. The molecule has 0 amide bonds. The van der Waals surface area contributed by atoms with E-state index in [4.69, 9.17) is 9.47 Å². The maximum Gasteiger partial charge on any atom is 0.166 e. The van der Waals surface area contributed by atoms with Gasteiger partial charge in [-0.1, -0.05) is 0 Å². The van der Waals surface area contributed by atoms with Crippen LogP contribution in [0.25, 0.3) is 11.4 Å². The molecule has 0 aliphatic carbocycles. The highest BCUT2D eigenvalue weighted by Crippen LogP contribution is 2.31. The van der Waals surface area contributed by atoms with Gasteiger partial charge in [0.1, 0.15) is 24.2 Å². The Morgan fingerprint density at radius 1 is 1.00 bits per heavy atom. The minimum Gasteiger partial charge on any atom is -0.494 e. The minimum atomic E-state index is 0.577. The average molecular weight is 245 g/mol. The van der Waals surface area contributed by atoms with Gasteiger partial charge in [0.25, 0.3) is 0 Å². The van der Waals surface area contributed by atoms with Crippen molar-refractivity contribution in [1.29, 1.82) is 0 Å². The highest BCUT2D eigenvalue weighted by Gasteiger charge is 2.10. The first-order valence-electron chi connectivity index (χ1n) is 5.87. The number of aromatic nitrogens is 3. The van der Waals surface area contributed by atoms with Gasteiger partial charge in [-0.05, 0) is 26.0 Å². The first-order chi connectivity index (χ1) is 8.85. The van der Waals surface area contributed by atoms with Crippen LogP contribution in [0.3, 0.4) is 0 Å². The Morgan fingerprint density at radius 3 is 2.39 bits per heavy atom. The summed E-state index contributed by atoms with van der Waals surface area (Å²) in [6.45, 7) is 5.08. The summed E-state index contributed by atoms with van der Waals surface area (Å²) < 4.78 is 11.0. The molecule has 18 heavy (non-hydrogen) atoms. The third-order valence-corrected chi connectivity index (χ3v) is 2.30. The van der Waals surface area contributed by atoms with E-state index < -0.39 is 0 Å². The van der Waals surface area contributed by atoms with Crippen molar-refractivity contribution in [2.75, 3.05) is 13.2 Å². The summed E-state index contributed by atoms with van der Waals surface area (Å²) in [4.78, 5) is 12.1. The summed E-state index contributed by atoms with van der Waals surface area (Å²) in [5.74, 6) is 2.09. The average Bonchev–Trinajstić information content (AvgIpc) is 2.41. The molecule has 94 valence electrons. The monoisotopic (exact) mass is 245 g/mol. The molecule has 5 heteroatoms. The molecule has 2 aromatic rings. The van der Waals surface area contributed by atoms with Crippen LogP contribution in [0.15, 0.2) is 30.9 Å². The molecule has 0 aliphatic heterocycles. The SMILES string of the molecule is CCOc1ccc(-c2ncncn2)c(OCC)c1. The molecule has 2 rings (SSSR count). The van der Waals surface area contributed by atoms with Gasteiger partial charge in [-0.25, -0.2) is 15.0 Å². The molecule has 1 aromatic heterocycles. The van der Waals surface area contributed by atoms with Gasteiger partial charge in [0.15, 0.2) is 5.82 Å². The number of hydrogen-bond donors (Lipinski definition) is 0. The molecule has 0 atom stereocenters. The molecule has 0 unspecified atom stereocenters. The van der Waals surface area contributed by atoms with Crippen LogP contribution in [-0.2, 0) is 0 Å². The zero-order valence-electron chi connectivity index (χ0n) is 10.5. The summed E-state index contributed by atoms with van der Waals surface area (Å²) in [5.41, 5.74) is 0.836. The second-order valence-corrected chi connectivity index (χ2v) is 3.49. The Bertz CT molecular complexity index is 503. The first kappa shape index (κ1) is 12.3. The van der Waals surface area contributed by atoms with E-state index in [-0.39, 0.29) is 0 Å². The van der Waals surface area contributed by atoms with Crippen molar-refractivity contribution >= 4 is 0 Å². The quantitative estimate of drug-likeness (QED) is 0.809. The largest absolute Gasteiger partial charge is 0.494 e. The second kappa shape index (κ2) is 5.95. The highest BCUT2D eigenvalue weighted by atomic mass is 16.5. The number of benzene rings is 1. The van der Waals surface area contributed by atoms with Crippen molar-refractivity contribution in [1.82, 2.24) is 15.0 Å². The summed E-state index contributed by atoms with van der Waals surface area (Å²) in [6, 6.07) is 5.63. The summed E-state index contributed by atoms with van der Waals surface area (Å²) >= 11 is 0. The van der Waals surface area contributed by atoms with E-state index >= 15 is 0 Å². The molecule has 0 saturated heterocycles. The lowest BCUT2D eigenvalue weighted by molar-refractivity contribution is 0.324. The highest BCUT2D eigenvalue weighted by molar-refractivity contribution is 5.65. The molecule has 0 aliphatic rings. The molecular formula is C13H15N3O2. The zero-order chi connectivity index (χ0) is 12.8. The van der Waals surface area contributed by atoms with Crippen molar-refractivity contribution in [3.63, 3.8) is 0 Å². The Hall–Kier alpha value is -2.17. The fourth-order valence-electron chi connectivity index (χ4n) is 1.60. The van der Waals surface area contributed by atoms with Crippen LogP contribution in [0.4, 0.5) is 0 Å². The fraction of sp³-hybridized carbons (Fsp3) is 0.308. The first-order valence-corrected chi connectivity index (χ1v) is 5.87. The van der Waals surface area contributed by atoms with Crippen LogP contribution in [0.1, 0.15) is 13.8 Å². The molecular weight excluding hydrogens is 230 g/mol. The summed E-state index contributed by atoms with van der Waals surface area (Å²) in [6.07, 6.45) is 2.93. The van der Waals surface area contributed by atoms with Crippen LogP contribution in [0.2, 0.25) is 0 Å². The van der Waals surface area contributed by atoms with Crippen molar-refractivity contribution in [3.05, 3.63) is 30.9 Å². The Balaban J connectivity index is 2.40. The topological polar surface area (TPSA) is 57.1 Å². The van der Waals surface area contributed by atoms with Crippen molar-refractivity contribution in [3.8, 4) is 22.9 Å². The van der Waals surface area contributed by atoms with Gasteiger partial charge in [0.05, 0.1) is 18.8 Å². The summed E-state index contributed by atoms with van der Waals surface area (Å²) in [7, 11) is 0. The zero-order valence-corrected chi connectivity index (χ0v) is 10.5. The van der Waals surface area contributed by atoms with E-state index in [1.54, 1.807) is 0 Å². The van der Waals surface area contributed by atoms with Crippen LogP contribution >= 0.6 is 0 Å². The summed E-state index contributed by atoms with van der Waals surface area (Å²) in [5, 5.41) is 0. The fourth-order valence-corrected chi connectivity index (χ4v) is 1.60. The number of rotatable bonds is 5. The predicted octanol–water partition coefficient (Wildman–Crippen LogP) is 2.34. The van der Waals surface area contributed by atoms with Crippen molar-refractivity contribution in [2.24, 2.45) is 0 Å². The molecule has 1 aromatic carbocycles. The number of ether oxygens (including phenoxy) is 2. The molecule has 0 bridgehead atoms. The van der Waals surface area contributed by atoms with E-state index in [1.807, 2.05) is 32.0 Å². The predicted molar refractivity (Wildman–Crippen MR) is 67.6 cm³/mol. The van der Waals surface area contributed by atoms with Gasteiger partial charge >= 0.3 is 0 Å². The van der Waals surface area contributed by atoms with Crippen LogP contribution < -0.4 is 9.47 Å². The number of nitrogens with zero attached hydrogens (tertiary/aromatic N) is 3. The second-order valence-electron chi connectivity index (χ2n) is 3.49. The van der Waals surface area contributed by atoms with Gasteiger partial charge in [-0.3, -0.25) is 0 Å². The van der Waals surface area contributed by atoms with Gasteiger partial charge in [-0.2, -0.15) is 0 Å². The Morgan fingerprint density at radius 2 is 1.72 bits per heavy atom. The van der Waals surface area contributed by atoms with Gasteiger partial charge < -0.3 is 9.47 Å². The van der Waals surface area contributed by atoms with Crippen LogP contribution in [0, 0.1) is 0 Å². The molecule has 0 radical (unpaired) electrons. The van der Waals surface area contributed by atoms with E-state index in [0.29, 0.717) is 19.0 Å². The van der Waals surface area contributed by atoms with Gasteiger partial charge in [0.2, 0.25) is 0 Å². The maximum absolute atomic E-state index is 5.60. The molecule has 1 heterocycles. The molecule has 0 saturated carbocycles. The van der Waals surface area contributed by atoms with E-state index in [0.717, 1.165) is 17.1 Å². The minimum absolute atomic E-state index is 0.577. The van der Waals surface area contributed by atoms with E-state index in [2.05, 4.69) is 15.0 Å². The standard InChI is InChI=1S/C13H15N3O2/c1-3-17-10-5-6-11(12(7-10)18-4-2)13-15-8-14-9-16-13/h5-9H,3-4H2,1-2H3. The van der Waals surface area contributed by atoms with Crippen molar-refractivity contribution < 1.29 is 9.47 Å². The van der Waals surface area contributed by atoms with Gasteiger partial charge in [0, 0.05) is 6.07 Å². The lowest BCUT2D eigenvalue weighted by atomic mass is 10.2.